The van der Waals surface area contributed by atoms with Gasteiger partial charge in [0.1, 0.15) is 6.33 Å². The van der Waals surface area contributed by atoms with E-state index in [-0.39, 0.29) is 6.04 Å². The van der Waals surface area contributed by atoms with Gasteiger partial charge in [-0.05, 0) is 19.8 Å². The number of hydrogen-bond acceptors (Lipinski definition) is 4. The Kier molecular flexibility index (Phi) is 2.79. The minimum atomic E-state index is -0.0965. The van der Waals surface area contributed by atoms with Gasteiger partial charge in [0.05, 0.1) is 18.7 Å². The summed E-state index contributed by atoms with van der Waals surface area (Å²) in [5, 5.41) is 4.27. The van der Waals surface area contributed by atoms with Crippen LogP contribution in [0.4, 0.5) is 0 Å². The maximum absolute atomic E-state index is 5.67. The van der Waals surface area contributed by atoms with Crippen LogP contribution in [0, 0.1) is 0 Å². The molecular weight excluding hydrogens is 180 g/mol. The Labute approximate surface area is 83.3 Å². The van der Waals surface area contributed by atoms with Crippen molar-refractivity contribution in [2.45, 2.75) is 38.5 Å². The molecule has 0 saturated carbocycles. The summed E-state index contributed by atoms with van der Waals surface area (Å²) in [6, 6.07) is -0.0965. The predicted molar refractivity (Wildman–Crippen MR) is 51.6 cm³/mol. The summed E-state index contributed by atoms with van der Waals surface area (Å²) in [5.41, 5.74) is 5.67. The Morgan fingerprint density at radius 1 is 1.79 bits per heavy atom. The quantitative estimate of drug-likeness (QED) is 0.763. The first-order valence-electron chi connectivity index (χ1n) is 5.02. The van der Waals surface area contributed by atoms with Crippen LogP contribution in [0.25, 0.3) is 0 Å². The summed E-state index contributed by atoms with van der Waals surface area (Å²) >= 11 is 0. The molecule has 0 amide bonds. The lowest BCUT2D eigenvalue weighted by molar-refractivity contribution is 0.0938. The Balaban J connectivity index is 1.95. The summed E-state index contributed by atoms with van der Waals surface area (Å²) in [7, 11) is 0. The first-order chi connectivity index (χ1) is 6.75. The molecular formula is C9H16N4O. The van der Waals surface area contributed by atoms with Crippen molar-refractivity contribution in [1.29, 1.82) is 0 Å². The average molecular weight is 196 g/mol. The monoisotopic (exact) mass is 196 g/mol. The van der Waals surface area contributed by atoms with Gasteiger partial charge in [0.2, 0.25) is 0 Å². The molecule has 1 fully saturated rings. The molecule has 2 rings (SSSR count). The molecule has 1 aromatic heterocycles. The van der Waals surface area contributed by atoms with E-state index in [1.807, 2.05) is 11.6 Å². The Bertz CT molecular complexity index is 291. The number of rotatable bonds is 3. The minimum absolute atomic E-state index is 0.0965. The first kappa shape index (κ1) is 9.61. The van der Waals surface area contributed by atoms with Crippen molar-refractivity contribution in [2.75, 3.05) is 6.61 Å². The van der Waals surface area contributed by atoms with E-state index in [0.29, 0.717) is 11.9 Å². The molecule has 2 unspecified atom stereocenters. The van der Waals surface area contributed by atoms with Crippen LogP contribution in [0.5, 0.6) is 0 Å². The van der Waals surface area contributed by atoms with E-state index in [9.17, 15) is 0 Å². The Morgan fingerprint density at radius 3 is 3.21 bits per heavy atom. The summed E-state index contributed by atoms with van der Waals surface area (Å²) in [6.45, 7) is 3.55. The molecule has 0 aliphatic carbocycles. The summed E-state index contributed by atoms with van der Waals surface area (Å²) < 4.78 is 7.32. The van der Waals surface area contributed by atoms with Gasteiger partial charge in [-0.25, -0.2) is 4.98 Å². The normalized spacial score (nSPS) is 24.0. The van der Waals surface area contributed by atoms with E-state index in [2.05, 4.69) is 10.1 Å². The third kappa shape index (κ3) is 2.10. The van der Waals surface area contributed by atoms with Crippen molar-refractivity contribution in [1.82, 2.24) is 14.8 Å². The highest BCUT2D eigenvalue weighted by Crippen LogP contribution is 2.13. The lowest BCUT2D eigenvalue weighted by Gasteiger charge is -2.07. The van der Waals surface area contributed by atoms with Crippen molar-refractivity contribution in [3.05, 3.63) is 12.2 Å². The molecule has 2 heterocycles. The van der Waals surface area contributed by atoms with E-state index in [4.69, 9.17) is 10.5 Å². The summed E-state index contributed by atoms with van der Waals surface area (Å²) in [5.74, 6) is 0.697. The molecule has 2 N–H and O–H groups in total. The fourth-order valence-corrected chi connectivity index (χ4v) is 1.60. The standard InChI is InChI=1S/C9H16N4O/c1-7(10)9-11-6-13(12-9)5-8-3-2-4-14-8/h6-8H,2-5,10H2,1H3. The van der Waals surface area contributed by atoms with Crippen LogP contribution in [0.2, 0.25) is 0 Å². The zero-order chi connectivity index (χ0) is 9.97. The number of aromatic nitrogens is 3. The zero-order valence-corrected chi connectivity index (χ0v) is 8.39. The van der Waals surface area contributed by atoms with Crippen molar-refractivity contribution in [3.8, 4) is 0 Å². The maximum Gasteiger partial charge on any atom is 0.166 e. The highest BCUT2D eigenvalue weighted by Gasteiger charge is 2.16. The topological polar surface area (TPSA) is 66.0 Å². The molecule has 5 heteroatoms. The molecule has 0 bridgehead atoms. The van der Waals surface area contributed by atoms with Gasteiger partial charge in [-0.15, -0.1) is 0 Å². The maximum atomic E-state index is 5.67. The van der Waals surface area contributed by atoms with Gasteiger partial charge >= 0.3 is 0 Å². The van der Waals surface area contributed by atoms with E-state index >= 15 is 0 Å². The minimum Gasteiger partial charge on any atom is -0.376 e. The zero-order valence-electron chi connectivity index (χ0n) is 8.39. The molecule has 0 aromatic carbocycles. The van der Waals surface area contributed by atoms with Crippen LogP contribution < -0.4 is 5.73 Å². The van der Waals surface area contributed by atoms with Crippen LogP contribution in [-0.2, 0) is 11.3 Å². The van der Waals surface area contributed by atoms with Gasteiger partial charge in [0.15, 0.2) is 5.82 Å². The molecule has 1 saturated heterocycles. The summed E-state index contributed by atoms with van der Waals surface area (Å²) in [6.07, 6.45) is 4.30. The number of hydrogen-bond donors (Lipinski definition) is 1. The first-order valence-corrected chi connectivity index (χ1v) is 5.02. The highest BCUT2D eigenvalue weighted by molar-refractivity contribution is 4.87. The van der Waals surface area contributed by atoms with Gasteiger partial charge in [-0.3, -0.25) is 4.68 Å². The predicted octanol–water partition coefficient (Wildman–Crippen LogP) is 0.477. The third-order valence-electron chi connectivity index (χ3n) is 2.38. The van der Waals surface area contributed by atoms with Gasteiger partial charge in [-0.2, -0.15) is 5.10 Å². The fraction of sp³-hybridized carbons (Fsp3) is 0.778. The van der Waals surface area contributed by atoms with Crippen LogP contribution in [0.1, 0.15) is 31.6 Å². The molecule has 1 aromatic rings. The second-order valence-electron chi connectivity index (χ2n) is 3.75. The molecule has 14 heavy (non-hydrogen) atoms. The largest absolute Gasteiger partial charge is 0.376 e. The smallest absolute Gasteiger partial charge is 0.166 e. The lowest BCUT2D eigenvalue weighted by Crippen LogP contribution is -2.16. The fourth-order valence-electron chi connectivity index (χ4n) is 1.60. The SMILES string of the molecule is CC(N)c1ncn(CC2CCCO2)n1. The van der Waals surface area contributed by atoms with Gasteiger partial charge in [0, 0.05) is 6.61 Å². The van der Waals surface area contributed by atoms with Crippen LogP contribution in [-0.4, -0.2) is 27.5 Å². The van der Waals surface area contributed by atoms with Gasteiger partial charge < -0.3 is 10.5 Å². The molecule has 0 radical (unpaired) electrons. The van der Waals surface area contributed by atoms with Crippen molar-refractivity contribution >= 4 is 0 Å². The second kappa shape index (κ2) is 4.06. The van der Waals surface area contributed by atoms with Crippen molar-refractivity contribution < 1.29 is 4.74 Å². The Hall–Kier alpha value is -0.940. The molecule has 2 atom stereocenters. The summed E-state index contributed by atoms with van der Waals surface area (Å²) in [4.78, 5) is 4.13. The molecule has 5 nitrogen and oxygen atoms in total. The van der Waals surface area contributed by atoms with Crippen molar-refractivity contribution in [3.63, 3.8) is 0 Å². The average Bonchev–Trinajstić information content (AvgIpc) is 2.75. The Morgan fingerprint density at radius 2 is 2.64 bits per heavy atom. The molecule has 0 spiro atoms. The molecule has 78 valence electrons. The van der Waals surface area contributed by atoms with Gasteiger partial charge in [-0.1, -0.05) is 0 Å². The molecule has 1 aliphatic heterocycles. The van der Waals surface area contributed by atoms with Crippen LogP contribution in [0.15, 0.2) is 6.33 Å². The third-order valence-corrected chi connectivity index (χ3v) is 2.38. The van der Waals surface area contributed by atoms with E-state index < -0.39 is 0 Å². The molecule has 1 aliphatic rings. The van der Waals surface area contributed by atoms with Crippen LogP contribution in [0.3, 0.4) is 0 Å². The number of ether oxygens (including phenoxy) is 1. The van der Waals surface area contributed by atoms with Gasteiger partial charge in [0.25, 0.3) is 0 Å². The lowest BCUT2D eigenvalue weighted by atomic mass is 10.2. The second-order valence-corrected chi connectivity index (χ2v) is 3.75. The van der Waals surface area contributed by atoms with E-state index in [1.165, 1.54) is 0 Å². The van der Waals surface area contributed by atoms with E-state index in [1.54, 1.807) is 6.33 Å². The van der Waals surface area contributed by atoms with Crippen LogP contribution >= 0.6 is 0 Å². The number of nitrogens with two attached hydrogens (primary N) is 1. The van der Waals surface area contributed by atoms with E-state index in [0.717, 1.165) is 26.0 Å². The number of nitrogens with zero attached hydrogens (tertiary/aromatic N) is 3. The van der Waals surface area contributed by atoms with Crippen molar-refractivity contribution in [2.24, 2.45) is 5.73 Å². The highest BCUT2D eigenvalue weighted by atomic mass is 16.5.